The van der Waals surface area contributed by atoms with Crippen molar-refractivity contribution in [3.8, 4) is 5.75 Å². The van der Waals surface area contributed by atoms with Crippen LogP contribution in [0.25, 0.3) is 0 Å². The molecule has 5 nitrogen and oxygen atoms in total. The molecule has 0 spiro atoms. The fraction of sp³-hybridized carbons (Fsp3) is 0.207. The Balaban J connectivity index is 1.47. The summed E-state index contributed by atoms with van der Waals surface area (Å²) >= 11 is 0. The Hall–Kier alpha value is -3.90. The number of furan rings is 1. The van der Waals surface area contributed by atoms with Gasteiger partial charge < -0.3 is 14.5 Å². The third-order valence-corrected chi connectivity index (χ3v) is 5.75. The number of hydrogen-bond donors (Lipinski definition) is 1. The van der Waals surface area contributed by atoms with Crippen LogP contribution in [-0.4, -0.2) is 17.9 Å². The molecule has 1 unspecified atom stereocenters. The highest BCUT2D eigenvalue weighted by Gasteiger charge is 2.17. The van der Waals surface area contributed by atoms with Crippen LogP contribution >= 0.6 is 0 Å². The number of rotatable bonds is 10. The van der Waals surface area contributed by atoms with Gasteiger partial charge in [0, 0.05) is 13.1 Å². The number of methoxy groups -OCH3 is 1. The summed E-state index contributed by atoms with van der Waals surface area (Å²) in [5.74, 6) is 1.15. The van der Waals surface area contributed by atoms with Crippen molar-refractivity contribution in [1.82, 2.24) is 10.2 Å². The molecule has 3 aromatic carbocycles. The van der Waals surface area contributed by atoms with E-state index in [0.29, 0.717) is 25.4 Å². The van der Waals surface area contributed by atoms with Gasteiger partial charge in [0.1, 0.15) is 17.3 Å². The zero-order chi connectivity index (χ0) is 24.6. The lowest BCUT2D eigenvalue weighted by molar-refractivity contribution is 0.0907. The monoisotopic (exact) mass is 472 g/mol. The quantitative estimate of drug-likeness (QED) is 0.302. The first-order valence-corrected chi connectivity index (χ1v) is 11.5. The van der Waals surface area contributed by atoms with Gasteiger partial charge in [-0.25, -0.2) is 4.39 Å². The molecule has 0 saturated carbocycles. The van der Waals surface area contributed by atoms with Crippen LogP contribution in [0.5, 0.6) is 5.75 Å². The average Bonchev–Trinajstić information content (AvgIpc) is 3.33. The molecule has 1 N–H and O–H groups in total. The summed E-state index contributed by atoms with van der Waals surface area (Å²) in [6, 6.07) is 27.5. The summed E-state index contributed by atoms with van der Waals surface area (Å²) in [6.07, 6.45) is 0. The Morgan fingerprint density at radius 2 is 1.63 bits per heavy atom. The highest BCUT2D eigenvalue weighted by Crippen LogP contribution is 2.20. The molecule has 35 heavy (non-hydrogen) atoms. The Morgan fingerprint density at radius 1 is 0.914 bits per heavy atom. The van der Waals surface area contributed by atoms with E-state index in [1.807, 2.05) is 73.7 Å². The number of nitrogens with zero attached hydrogens (tertiary/aromatic N) is 1. The highest BCUT2D eigenvalue weighted by atomic mass is 19.1. The second kappa shape index (κ2) is 11.5. The zero-order valence-corrected chi connectivity index (χ0v) is 19.9. The molecular weight excluding hydrogens is 443 g/mol. The van der Waals surface area contributed by atoms with Gasteiger partial charge in [0.15, 0.2) is 5.76 Å². The average molecular weight is 473 g/mol. The number of halogens is 1. The fourth-order valence-corrected chi connectivity index (χ4v) is 3.99. The number of nitrogens with one attached hydrogen (secondary N) is 1. The van der Waals surface area contributed by atoms with Crippen LogP contribution in [0.15, 0.2) is 95.4 Å². The van der Waals surface area contributed by atoms with Crippen molar-refractivity contribution in [2.75, 3.05) is 7.11 Å². The lowest BCUT2D eigenvalue weighted by atomic mass is 10.1. The van der Waals surface area contributed by atoms with E-state index in [4.69, 9.17) is 9.15 Å². The second-order valence-electron chi connectivity index (χ2n) is 8.50. The van der Waals surface area contributed by atoms with Gasteiger partial charge in [0.25, 0.3) is 5.91 Å². The van der Waals surface area contributed by atoms with Gasteiger partial charge >= 0.3 is 0 Å². The summed E-state index contributed by atoms with van der Waals surface area (Å²) in [7, 11) is 1.64. The van der Waals surface area contributed by atoms with E-state index < -0.39 is 0 Å². The van der Waals surface area contributed by atoms with E-state index in [2.05, 4.69) is 10.2 Å². The summed E-state index contributed by atoms with van der Waals surface area (Å²) < 4.78 is 25.0. The van der Waals surface area contributed by atoms with E-state index in [0.717, 1.165) is 22.4 Å². The van der Waals surface area contributed by atoms with E-state index in [1.165, 1.54) is 12.1 Å². The van der Waals surface area contributed by atoms with Crippen molar-refractivity contribution in [3.05, 3.63) is 125 Å². The molecule has 4 rings (SSSR count). The Morgan fingerprint density at radius 3 is 2.34 bits per heavy atom. The summed E-state index contributed by atoms with van der Waals surface area (Å²) in [5, 5.41) is 2.98. The number of hydrogen-bond acceptors (Lipinski definition) is 4. The molecule has 6 heteroatoms. The highest BCUT2D eigenvalue weighted by molar-refractivity contribution is 5.91. The Kier molecular flexibility index (Phi) is 7.95. The predicted molar refractivity (Wildman–Crippen MR) is 133 cm³/mol. The number of carbonyl (C=O) groups is 1. The van der Waals surface area contributed by atoms with Crippen molar-refractivity contribution < 1.29 is 18.3 Å². The van der Waals surface area contributed by atoms with Gasteiger partial charge in [-0.3, -0.25) is 9.69 Å². The standard InChI is InChI=1S/C29H29FN2O3/c1-21(24-10-4-3-5-11-24)31-29(33)28-15-14-27(35-28)20-32(18-22-8-6-12-25(30)16-22)19-23-9-7-13-26(17-23)34-2/h3-17,21H,18-20H2,1-2H3,(H,31,33). The van der Waals surface area contributed by atoms with Gasteiger partial charge in [-0.1, -0.05) is 54.6 Å². The molecular formula is C29H29FN2O3. The molecule has 4 aromatic rings. The second-order valence-corrected chi connectivity index (χ2v) is 8.50. The van der Waals surface area contributed by atoms with Crippen LogP contribution in [0.4, 0.5) is 4.39 Å². The van der Waals surface area contributed by atoms with Crippen LogP contribution < -0.4 is 10.1 Å². The largest absolute Gasteiger partial charge is 0.497 e. The minimum atomic E-state index is -0.270. The lowest BCUT2D eigenvalue weighted by Gasteiger charge is -2.22. The molecule has 0 radical (unpaired) electrons. The van der Waals surface area contributed by atoms with Gasteiger partial charge in [0.2, 0.25) is 0 Å². The number of benzene rings is 3. The zero-order valence-electron chi connectivity index (χ0n) is 19.9. The molecule has 0 aliphatic rings. The van der Waals surface area contributed by atoms with E-state index >= 15 is 0 Å². The van der Waals surface area contributed by atoms with Gasteiger partial charge in [-0.2, -0.15) is 0 Å². The normalized spacial score (nSPS) is 11.9. The lowest BCUT2D eigenvalue weighted by Crippen LogP contribution is -2.26. The molecule has 1 heterocycles. The first-order valence-electron chi connectivity index (χ1n) is 11.5. The molecule has 0 saturated heterocycles. The Bertz CT molecular complexity index is 1260. The number of amides is 1. The van der Waals surface area contributed by atoms with Crippen molar-refractivity contribution in [2.24, 2.45) is 0 Å². The van der Waals surface area contributed by atoms with Crippen molar-refractivity contribution in [3.63, 3.8) is 0 Å². The topological polar surface area (TPSA) is 54.7 Å². The maximum atomic E-state index is 13.8. The molecule has 1 aromatic heterocycles. The van der Waals surface area contributed by atoms with Gasteiger partial charge in [-0.05, 0) is 60.0 Å². The molecule has 0 bridgehead atoms. The Labute approximate surface area is 205 Å². The van der Waals surface area contributed by atoms with Crippen molar-refractivity contribution in [2.45, 2.75) is 32.6 Å². The molecule has 1 amide bonds. The minimum Gasteiger partial charge on any atom is -0.497 e. The molecule has 0 aliphatic carbocycles. The first-order chi connectivity index (χ1) is 17.0. The molecule has 1 atom stereocenters. The third-order valence-electron chi connectivity index (χ3n) is 5.75. The molecule has 180 valence electrons. The SMILES string of the molecule is COc1cccc(CN(Cc2cccc(F)c2)Cc2ccc(C(=O)NC(C)c3ccccc3)o2)c1. The predicted octanol–water partition coefficient (Wildman–Crippen LogP) is 6.12. The molecule has 0 aliphatic heterocycles. The third kappa shape index (κ3) is 6.80. The van der Waals surface area contributed by atoms with Gasteiger partial charge in [-0.15, -0.1) is 0 Å². The van der Waals surface area contributed by atoms with Crippen molar-refractivity contribution >= 4 is 5.91 Å². The number of carbonyl (C=O) groups excluding carboxylic acids is 1. The van der Waals surface area contributed by atoms with Crippen LogP contribution in [0.3, 0.4) is 0 Å². The summed E-state index contributed by atoms with van der Waals surface area (Å²) in [5.41, 5.74) is 2.93. The van der Waals surface area contributed by atoms with Crippen LogP contribution in [0, 0.1) is 5.82 Å². The minimum absolute atomic E-state index is 0.144. The van der Waals surface area contributed by atoms with Crippen LogP contribution in [0.2, 0.25) is 0 Å². The van der Waals surface area contributed by atoms with Crippen LogP contribution in [0.1, 0.15) is 46.0 Å². The molecule has 0 fully saturated rings. The summed E-state index contributed by atoms with van der Waals surface area (Å²) in [4.78, 5) is 14.9. The fourth-order valence-electron chi connectivity index (χ4n) is 3.99. The van der Waals surface area contributed by atoms with E-state index in [-0.39, 0.29) is 23.5 Å². The van der Waals surface area contributed by atoms with E-state index in [1.54, 1.807) is 19.2 Å². The maximum absolute atomic E-state index is 13.8. The van der Waals surface area contributed by atoms with E-state index in [9.17, 15) is 9.18 Å². The van der Waals surface area contributed by atoms with Crippen LogP contribution in [-0.2, 0) is 19.6 Å². The van der Waals surface area contributed by atoms with Gasteiger partial charge in [0.05, 0.1) is 19.7 Å². The number of ether oxygens (including phenoxy) is 1. The first kappa shape index (κ1) is 24.2. The maximum Gasteiger partial charge on any atom is 0.287 e. The van der Waals surface area contributed by atoms with Crippen molar-refractivity contribution in [1.29, 1.82) is 0 Å². The summed E-state index contributed by atoms with van der Waals surface area (Å²) in [6.45, 7) is 3.50. The smallest absolute Gasteiger partial charge is 0.287 e.